The molecule has 3 aromatic rings. The number of carbonyl (C=O) groups is 3. The topological polar surface area (TPSA) is 97.4 Å². The molecule has 0 spiro atoms. The van der Waals surface area contributed by atoms with Crippen LogP contribution >= 0.6 is 11.3 Å². The van der Waals surface area contributed by atoms with Crippen LogP contribution in [0.5, 0.6) is 0 Å². The van der Waals surface area contributed by atoms with Gasteiger partial charge in [0.05, 0.1) is 28.4 Å². The zero-order valence-corrected chi connectivity index (χ0v) is 20.7. The normalized spacial score (nSPS) is 13.4. The third-order valence-corrected chi connectivity index (χ3v) is 6.91. The van der Waals surface area contributed by atoms with Crippen LogP contribution in [0.1, 0.15) is 51.5 Å². The summed E-state index contributed by atoms with van der Waals surface area (Å²) in [6.45, 7) is 3.47. The van der Waals surface area contributed by atoms with E-state index in [1.807, 2.05) is 38.1 Å². The summed E-state index contributed by atoms with van der Waals surface area (Å²) in [5.41, 5.74) is 3.63. The summed E-state index contributed by atoms with van der Waals surface area (Å²) >= 11 is 1.44. The zero-order chi connectivity index (χ0) is 24.8. The molecule has 35 heavy (non-hydrogen) atoms. The highest BCUT2D eigenvalue weighted by Gasteiger charge is 2.21. The lowest BCUT2D eigenvalue weighted by Gasteiger charge is -2.15. The number of nitrogens with one attached hydrogen (secondary N) is 2. The molecule has 0 aliphatic heterocycles. The summed E-state index contributed by atoms with van der Waals surface area (Å²) < 4.78 is 5.23. The molecule has 182 valence electrons. The highest BCUT2D eigenvalue weighted by atomic mass is 32.1. The number of hydrogen-bond acceptors (Lipinski definition) is 6. The van der Waals surface area contributed by atoms with Crippen molar-refractivity contribution in [1.29, 1.82) is 0 Å². The molecule has 0 bridgehead atoms. The number of benzene rings is 2. The van der Waals surface area contributed by atoms with Crippen LogP contribution in [0.4, 0.5) is 5.69 Å². The number of rotatable bonds is 8. The second-order valence-corrected chi connectivity index (χ2v) is 10.0. The summed E-state index contributed by atoms with van der Waals surface area (Å²) in [5.74, 6) is -1.22. The van der Waals surface area contributed by atoms with Crippen molar-refractivity contribution in [3.8, 4) is 11.3 Å². The summed E-state index contributed by atoms with van der Waals surface area (Å²) in [5, 5.41) is 6.58. The molecule has 1 aromatic heterocycles. The average Bonchev–Trinajstić information content (AvgIpc) is 3.48. The molecule has 0 radical (unpaired) electrons. The van der Waals surface area contributed by atoms with E-state index in [1.54, 1.807) is 24.3 Å². The average molecular weight is 492 g/mol. The van der Waals surface area contributed by atoms with Crippen molar-refractivity contribution in [2.24, 2.45) is 0 Å². The molecule has 1 aliphatic carbocycles. The van der Waals surface area contributed by atoms with Crippen molar-refractivity contribution in [1.82, 2.24) is 10.3 Å². The number of para-hydroxylation sites is 1. The van der Waals surface area contributed by atoms with E-state index in [0.29, 0.717) is 11.3 Å². The van der Waals surface area contributed by atoms with E-state index in [-0.39, 0.29) is 18.4 Å². The molecule has 1 fully saturated rings. The van der Waals surface area contributed by atoms with E-state index >= 15 is 0 Å². The van der Waals surface area contributed by atoms with Gasteiger partial charge in [-0.3, -0.25) is 14.4 Å². The number of nitrogens with zero attached hydrogens (tertiary/aromatic N) is 1. The highest BCUT2D eigenvalue weighted by molar-refractivity contribution is 7.12. The molecule has 0 atom stereocenters. The fourth-order valence-electron chi connectivity index (χ4n) is 4.16. The monoisotopic (exact) mass is 491 g/mol. The second kappa shape index (κ2) is 11.3. The van der Waals surface area contributed by atoms with Gasteiger partial charge in [0, 0.05) is 16.5 Å². The van der Waals surface area contributed by atoms with E-state index < -0.39 is 18.5 Å². The molecule has 1 aliphatic rings. The SMILES string of the molecule is Cc1ccc(-c2nc(C)sc2CC(=O)OCC(=O)Nc2ccccc2C(=O)NC2CCCC2)cc1. The number of aryl methyl sites for hydroxylation is 2. The molecular weight excluding hydrogens is 462 g/mol. The second-order valence-electron chi connectivity index (χ2n) is 8.76. The van der Waals surface area contributed by atoms with Crippen molar-refractivity contribution in [2.45, 2.75) is 52.0 Å². The number of esters is 1. The van der Waals surface area contributed by atoms with E-state index in [4.69, 9.17) is 4.74 Å². The van der Waals surface area contributed by atoms with Gasteiger partial charge in [0.15, 0.2) is 6.61 Å². The number of ether oxygens (including phenoxy) is 1. The Morgan fingerprint density at radius 3 is 2.49 bits per heavy atom. The molecule has 2 N–H and O–H groups in total. The maximum absolute atomic E-state index is 12.7. The van der Waals surface area contributed by atoms with E-state index in [1.165, 1.54) is 11.3 Å². The van der Waals surface area contributed by atoms with Gasteiger partial charge in [-0.1, -0.05) is 54.8 Å². The molecule has 7 nitrogen and oxygen atoms in total. The van der Waals surface area contributed by atoms with Crippen LogP contribution in [-0.2, 0) is 20.7 Å². The van der Waals surface area contributed by atoms with Crippen molar-refractivity contribution < 1.29 is 19.1 Å². The number of carbonyl (C=O) groups excluding carboxylic acids is 3. The molecular formula is C27H29N3O4S. The molecule has 2 amide bonds. The Labute approximate surface area is 208 Å². The molecule has 0 saturated heterocycles. The number of amides is 2. The number of hydrogen-bond donors (Lipinski definition) is 2. The fraction of sp³-hybridized carbons (Fsp3) is 0.333. The van der Waals surface area contributed by atoms with E-state index in [2.05, 4.69) is 15.6 Å². The summed E-state index contributed by atoms with van der Waals surface area (Å²) in [4.78, 5) is 43.0. The number of thiazole rings is 1. The standard InChI is InChI=1S/C27H29N3O4S/c1-17-11-13-19(14-12-17)26-23(35-18(2)28-26)15-25(32)34-16-24(31)30-22-10-6-5-9-21(22)27(33)29-20-7-3-4-8-20/h5-6,9-14,20H,3-4,7-8,15-16H2,1-2H3,(H,29,33)(H,30,31). The number of aromatic nitrogens is 1. The minimum atomic E-state index is -0.510. The summed E-state index contributed by atoms with van der Waals surface area (Å²) in [7, 11) is 0. The first kappa shape index (κ1) is 24.6. The molecule has 1 heterocycles. The zero-order valence-electron chi connectivity index (χ0n) is 19.9. The Balaban J connectivity index is 1.33. The van der Waals surface area contributed by atoms with Gasteiger partial charge in [0.2, 0.25) is 0 Å². The van der Waals surface area contributed by atoms with Crippen molar-refractivity contribution in [3.05, 3.63) is 69.5 Å². The Morgan fingerprint density at radius 1 is 1.03 bits per heavy atom. The lowest BCUT2D eigenvalue weighted by Crippen LogP contribution is -2.33. The van der Waals surface area contributed by atoms with Gasteiger partial charge in [-0.25, -0.2) is 4.98 Å². The van der Waals surface area contributed by atoms with Gasteiger partial charge in [-0.2, -0.15) is 0 Å². The predicted molar refractivity (Wildman–Crippen MR) is 136 cm³/mol. The smallest absolute Gasteiger partial charge is 0.311 e. The Bertz CT molecular complexity index is 1210. The molecule has 0 unspecified atom stereocenters. The van der Waals surface area contributed by atoms with Crippen LogP contribution in [0.3, 0.4) is 0 Å². The lowest BCUT2D eigenvalue weighted by atomic mass is 10.1. The number of anilines is 1. The lowest BCUT2D eigenvalue weighted by molar-refractivity contribution is -0.146. The van der Waals surface area contributed by atoms with Gasteiger partial charge in [-0.05, 0) is 38.8 Å². The van der Waals surface area contributed by atoms with Crippen LogP contribution < -0.4 is 10.6 Å². The predicted octanol–water partition coefficient (Wildman–Crippen LogP) is 4.82. The van der Waals surface area contributed by atoms with Crippen molar-refractivity contribution in [3.63, 3.8) is 0 Å². The third kappa shape index (κ3) is 6.54. The minimum Gasteiger partial charge on any atom is -0.455 e. The third-order valence-electron chi connectivity index (χ3n) is 5.93. The quantitative estimate of drug-likeness (QED) is 0.440. The van der Waals surface area contributed by atoms with Gasteiger partial charge < -0.3 is 15.4 Å². The Hall–Kier alpha value is -3.52. The first-order valence-corrected chi connectivity index (χ1v) is 12.6. The van der Waals surface area contributed by atoms with E-state index in [0.717, 1.165) is 52.4 Å². The van der Waals surface area contributed by atoms with Crippen LogP contribution in [0.25, 0.3) is 11.3 Å². The molecule has 1 saturated carbocycles. The summed E-state index contributed by atoms with van der Waals surface area (Å²) in [6, 6.07) is 15.0. The van der Waals surface area contributed by atoms with Crippen molar-refractivity contribution >= 4 is 34.8 Å². The molecule has 4 rings (SSSR count). The van der Waals surface area contributed by atoms with Crippen LogP contribution in [0.2, 0.25) is 0 Å². The first-order valence-electron chi connectivity index (χ1n) is 11.8. The van der Waals surface area contributed by atoms with Crippen LogP contribution in [0, 0.1) is 13.8 Å². The van der Waals surface area contributed by atoms with Crippen LogP contribution in [0.15, 0.2) is 48.5 Å². The highest BCUT2D eigenvalue weighted by Crippen LogP contribution is 2.29. The Kier molecular flexibility index (Phi) is 7.92. The molecule has 2 aromatic carbocycles. The van der Waals surface area contributed by atoms with Crippen LogP contribution in [-0.4, -0.2) is 35.4 Å². The van der Waals surface area contributed by atoms with Gasteiger partial charge in [0.1, 0.15) is 0 Å². The molecule has 8 heteroatoms. The first-order chi connectivity index (χ1) is 16.9. The maximum Gasteiger partial charge on any atom is 0.311 e. The van der Waals surface area contributed by atoms with Gasteiger partial charge >= 0.3 is 5.97 Å². The summed E-state index contributed by atoms with van der Waals surface area (Å²) in [6.07, 6.45) is 4.20. The van der Waals surface area contributed by atoms with Gasteiger partial charge in [-0.15, -0.1) is 11.3 Å². The fourth-order valence-corrected chi connectivity index (χ4v) is 5.11. The Morgan fingerprint density at radius 2 is 1.74 bits per heavy atom. The largest absolute Gasteiger partial charge is 0.455 e. The minimum absolute atomic E-state index is 0.0301. The van der Waals surface area contributed by atoms with Crippen molar-refractivity contribution in [2.75, 3.05) is 11.9 Å². The van der Waals surface area contributed by atoms with E-state index in [9.17, 15) is 14.4 Å². The van der Waals surface area contributed by atoms with Gasteiger partial charge in [0.25, 0.3) is 11.8 Å². The maximum atomic E-state index is 12.7.